The van der Waals surface area contributed by atoms with Gasteiger partial charge in [0.05, 0.1) is 0 Å². The van der Waals surface area contributed by atoms with E-state index in [0.717, 1.165) is 0 Å². The van der Waals surface area contributed by atoms with Gasteiger partial charge in [-0.2, -0.15) is 0 Å². The van der Waals surface area contributed by atoms with Gasteiger partial charge in [0.2, 0.25) is 0 Å². The molecule has 1 heterocycles. The van der Waals surface area contributed by atoms with Crippen molar-refractivity contribution >= 4 is 17.6 Å². The van der Waals surface area contributed by atoms with Crippen LogP contribution in [-0.4, -0.2) is 10.8 Å². The van der Waals surface area contributed by atoms with E-state index in [2.05, 4.69) is 4.98 Å². The summed E-state index contributed by atoms with van der Waals surface area (Å²) in [5.74, 6) is -0.416. The summed E-state index contributed by atoms with van der Waals surface area (Å²) in [6, 6.07) is 9.96. The second kappa shape index (κ2) is 4.97. The molecule has 3 N–H and O–H groups in total. The van der Waals surface area contributed by atoms with Gasteiger partial charge in [-0.3, -0.25) is 10.4 Å². The molecule has 1 aromatic heterocycles. The second-order valence-electron chi connectivity index (χ2n) is 3.30. The summed E-state index contributed by atoms with van der Waals surface area (Å²) in [6.07, 6.45) is 1.56. The molecule has 3 nitrogen and oxygen atoms in total. The topological polar surface area (TPSA) is 62.8 Å². The monoisotopic (exact) mass is 247 g/mol. The molecule has 0 aliphatic carbocycles. The lowest BCUT2D eigenvalue weighted by molar-refractivity contribution is 0.602. The summed E-state index contributed by atoms with van der Waals surface area (Å²) in [7, 11) is 0. The maximum absolute atomic E-state index is 13.5. The highest BCUT2D eigenvalue weighted by Crippen LogP contribution is 2.30. The summed E-state index contributed by atoms with van der Waals surface area (Å²) < 4.78 is 13.5. The number of benzene rings is 1. The molecule has 0 saturated heterocycles. The highest BCUT2D eigenvalue weighted by molar-refractivity contribution is 7.99. The van der Waals surface area contributed by atoms with Crippen molar-refractivity contribution in [2.45, 2.75) is 9.79 Å². The maximum Gasteiger partial charge on any atom is 0.142 e. The number of aromatic nitrogens is 1. The Hall–Kier alpha value is -1.88. The first-order valence-electron chi connectivity index (χ1n) is 4.90. The molecule has 0 atom stereocenters. The average Bonchev–Trinajstić information content (AvgIpc) is 2.32. The predicted molar refractivity (Wildman–Crippen MR) is 65.8 cm³/mol. The zero-order valence-corrected chi connectivity index (χ0v) is 9.67. The summed E-state index contributed by atoms with van der Waals surface area (Å²) in [4.78, 5) is 5.17. The van der Waals surface area contributed by atoms with Crippen LogP contribution in [0.5, 0.6) is 0 Å². The molecule has 0 spiro atoms. The largest absolute Gasteiger partial charge is 0.382 e. The van der Waals surface area contributed by atoms with Crippen LogP contribution in [0.1, 0.15) is 5.69 Å². The second-order valence-corrected chi connectivity index (χ2v) is 4.38. The third-order valence-corrected chi connectivity index (χ3v) is 3.18. The summed E-state index contributed by atoms with van der Waals surface area (Å²) in [6.45, 7) is 0. The lowest BCUT2D eigenvalue weighted by Crippen LogP contribution is -2.14. The fraction of sp³-hybridized carbons (Fsp3) is 0. The molecule has 0 aliphatic heterocycles. The van der Waals surface area contributed by atoms with Crippen molar-refractivity contribution < 1.29 is 4.39 Å². The Morgan fingerprint density at radius 1 is 1.18 bits per heavy atom. The van der Waals surface area contributed by atoms with E-state index in [4.69, 9.17) is 11.1 Å². The van der Waals surface area contributed by atoms with Crippen molar-refractivity contribution in [1.29, 1.82) is 5.41 Å². The Morgan fingerprint density at radius 2 is 1.88 bits per heavy atom. The van der Waals surface area contributed by atoms with Crippen molar-refractivity contribution in [2.75, 3.05) is 0 Å². The molecule has 0 radical (unpaired) electrons. The molecule has 0 aliphatic rings. The third-order valence-electron chi connectivity index (χ3n) is 2.08. The van der Waals surface area contributed by atoms with E-state index in [1.807, 2.05) is 0 Å². The predicted octanol–water partition coefficient (Wildman–Crippen LogP) is 2.66. The number of pyridine rings is 1. The van der Waals surface area contributed by atoms with Gasteiger partial charge in [-0.05, 0) is 24.3 Å². The van der Waals surface area contributed by atoms with E-state index in [-0.39, 0.29) is 11.7 Å². The summed E-state index contributed by atoms with van der Waals surface area (Å²) >= 11 is 1.21. The van der Waals surface area contributed by atoms with Crippen molar-refractivity contribution in [3.05, 3.63) is 54.1 Å². The average molecular weight is 247 g/mol. The molecular formula is C12H10FN3S. The lowest BCUT2D eigenvalue weighted by Gasteiger charge is -2.06. The van der Waals surface area contributed by atoms with E-state index < -0.39 is 0 Å². The van der Waals surface area contributed by atoms with E-state index in [1.54, 1.807) is 36.5 Å². The minimum atomic E-state index is -0.296. The van der Waals surface area contributed by atoms with Crippen molar-refractivity contribution in [3.8, 4) is 0 Å². The molecule has 2 aromatic rings. The van der Waals surface area contributed by atoms with Crippen LogP contribution >= 0.6 is 11.8 Å². The molecule has 0 saturated carbocycles. The van der Waals surface area contributed by atoms with Crippen LogP contribution < -0.4 is 5.73 Å². The Bertz CT molecular complexity index is 557. The molecule has 0 fully saturated rings. The summed E-state index contributed by atoms with van der Waals surface area (Å²) in [5.41, 5.74) is 5.80. The highest BCUT2D eigenvalue weighted by Gasteiger charge is 2.09. The first kappa shape index (κ1) is 11.6. The van der Waals surface area contributed by atoms with Gasteiger partial charge in [0.1, 0.15) is 17.3 Å². The van der Waals surface area contributed by atoms with E-state index in [1.165, 1.54) is 17.8 Å². The van der Waals surface area contributed by atoms with Crippen LogP contribution in [0.3, 0.4) is 0 Å². The van der Waals surface area contributed by atoms with Crippen LogP contribution in [0.4, 0.5) is 4.39 Å². The zero-order chi connectivity index (χ0) is 12.3. The quantitative estimate of drug-likeness (QED) is 0.647. The fourth-order valence-electron chi connectivity index (χ4n) is 1.32. The van der Waals surface area contributed by atoms with Gasteiger partial charge in [-0.25, -0.2) is 4.39 Å². The smallest absolute Gasteiger partial charge is 0.142 e. The molecule has 0 bridgehead atoms. The van der Waals surface area contributed by atoms with E-state index >= 15 is 0 Å². The maximum atomic E-state index is 13.5. The molecule has 0 amide bonds. The molecule has 0 unspecified atom stereocenters. The minimum Gasteiger partial charge on any atom is -0.382 e. The first-order valence-corrected chi connectivity index (χ1v) is 5.72. The van der Waals surface area contributed by atoms with Crippen LogP contribution in [-0.2, 0) is 0 Å². The number of nitrogens with one attached hydrogen (secondary N) is 1. The van der Waals surface area contributed by atoms with Crippen molar-refractivity contribution in [3.63, 3.8) is 0 Å². The van der Waals surface area contributed by atoms with Gasteiger partial charge < -0.3 is 5.73 Å². The number of halogens is 1. The van der Waals surface area contributed by atoms with Crippen LogP contribution in [0, 0.1) is 11.2 Å². The van der Waals surface area contributed by atoms with Gasteiger partial charge >= 0.3 is 0 Å². The van der Waals surface area contributed by atoms with Gasteiger partial charge in [-0.1, -0.05) is 23.9 Å². The fourth-order valence-corrected chi connectivity index (χ4v) is 2.28. The Kier molecular flexibility index (Phi) is 3.39. The zero-order valence-electron chi connectivity index (χ0n) is 8.85. The Morgan fingerprint density at radius 3 is 2.59 bits per heavy atom. The number of rotatable bonds is 3. The van der Waals surface area contributed by atoms with Crippen LogP contribution in [0.2, 0.25) is 0 Å². The minimum absolute atomic E-state index is 0.121. The number of nitrogen functional groups attached to an aromatic ring is 1. The van der Waals surface area contributed by atoms with Crippen LogP contribution in [0.25, 0.3) is 0 Å². The standard InChI is InChI=1S/C12H10FN3S/c13-8-4-1-2-5-9(8)17-10-6-3-7-16-11(10)12(14)15/h1-7H,(H3,14,15). The van der Waals surface area contributed by atoms with E-state index in [0.29, 0.717) is 15.5 Å². The molecule has 86 valence electrons. The Labute approximate surface area is 102 Å². The summed E-state index contributed by atoms with van der Waals surface area (Å²) in [5, 5.41) is 7.40. The third kappa shape index (κ3) is 2.62. The molecule has 2 rings (SSSR count). The Balaban J connectivity index is 2.37. The van der Waals surface area contributed by atoms with Crippen molar-refractivity contribution in [1.82, 2.24) is 4.98 Å². The molecule has 5 heteroatoms. The number of hydrogen-bond donors (Lipinski definition) is 2. The normalized spacial score (nSPS) is 10.2. The van der Waals surface area contributed by atoms with Gasteiger partial charge in [0.15, 0.2) is 0 Å². The number of hydrogen-bond acceptors (Lipinski definition) is 3. The SMILES string of the molecule is N=C(N)c1ncccc1Sc1ccccc1F. The number of amidine groups is 1. The van der Waals surface area contributed by atoms with E-state index in [9.17, 15) is 4.39 Å². The van der Waals surface area contributed by atoms with Crippen LogP contribution in [0.15, 0.2) is 52.4 Å². The first-order chi connectivity index (χ1) is 8.18. The molecule has 1 aromatic carbocycles. The number of nitrogens with zero attached hydrogens (tertiary/aromatic N) is 1. The lowest BCUT2D eigenvalue weighted by atomic mass is 10.3. The van der Waals surface area contributed by atoms with Gasteiger partial charge in [0.25, 0.3) is 0 Å². The highest BCUT2D eigenvalue weighted by atomic mass is 32.2. The molecular weight excluding hydrogens is 237 g/mol. The number of nitrogens with two attached hydrogens (primary N) is 1. The molecule has 17 heavy (non-hydrogen) atoms. The van der Waals surface area contributed by atoms with Gasteiger partial charge in [0, 0.05) is 16.0 Å². The van der Waals surface area contributed by atoms with Crippen molar-refractivity contribution in [2.24, 2.45) is 5.73 Å². The van der Waals surface area contributed by atoms with Gasteiger partial charge in [-0.15, -0.1) is 0 Å².